The molecule has 2 aromatic rings. The largest absolute Gasteiger partial charge is 0.496 e. The minimum Gasteiger partial charge on any atom is -0.496 e. The molecule has 0 amide bonds. The zero-order chi connectivity index (χ0) is 13.8. The number of aliphatic hydroxyl groups is 1. The second kappa shape index (κ2) is 6.42. The van der Waals surface area contributed by atoms with Gasteiger partial charge in [-0.05, 0) is 29.8 Å². The number of methoxy groups -OCH3 is 1. The van der Waals surface area contributed by atoms with E-state index in [1.54, 1.807) is 25.3 Å². The van der Waals surface area contributed by atoms with Gasteiger partial charge < -0.3 is 9.84 Å². The van der Waals surface area contributed by atoms with Crippen molar-refractivity contribution in [2.75, 3.05) is 7.11 Å². The Labute approximate surface area is 126 Å². The number of ether oxygens (including phenoxy) is 1. The second-order valence-electron chi connectivity index (χ2n) is 4.20. The lowest BCUT2D eigenvalue weighted by Gasteiger charge is -2.16. The van der Waals surface area contributed by atoms with Gasteiger partial charge in [-0.25, -0.2) is 0 Å². The number of aliphatic hydroxyl groups excluding tert-OH is 1. The van der Waals surface area contributed by atoms with Crippen LogP contribution in [0.5, 0.6) is 5.75 Å². The highest BCUT2D eigenvalue weighted by molar-refractivity contribution is 9.10. The maximum atomic E-state index is 10.4. The molecule has 0 aromatic heterocycles. The molecule has 0 fully saturated rings. The summed E-state index contributed by atoms with van der Waals surface area (Å²) in [7, 11) is 1.57. The van der Waals surface area contributed by atoms with Crippen LogP contribution in [0.2, 0.25) is 5.02 Å². The fourth-order valence-electron chi connectivity index (χ4n) is 1.96. The molecule has 0 aliphatic rings. The van der Waals surface area contributed by atoms with Gasteiger partial charge in [0.25, 0.3) is 0 Å². The van der Waals surface area contributed by atoms with Gasteiger partial charge in [0.15, 0.2) is 0 Å². The molecule has 0 saturated carbocycles. The highest BCUT2D eigenvalue weighted by Crippen LogP contribution is 2.33. The minimum absolute atomic E-state index is 0.493. The lowest BCUT2D eigenvalue weighted by molar-refractivity contribution is 0.174. The molecule has 0 radical (unpaired) electrons. The van der Waals surface area contributed by atoms with Crippen LogP contribution in [-0.2, 0) is 6.42 Å². The zero-order valence-corrected chi connectivity index (χ0v) is 12.8. The van der Waals surface area contributed by atoms with Crippen molar-refractivity contribution in [1.82, 2.24) is 0 Å². The smallest absolute Gasteiger partial charge is 0.126 e. The van der Waals surface area contributed by atoms with Crippen LogP contribution in [0.3, 0.4) is 0 Å². The first-order chi connectivity index (χ1) is 9.11. The van der Waals surface area contributed by atoms with Crippen LogP contribution in [0.1, 0.15) is 17.2 Å². The first kappa shape index (κ1) is 14.4. The molecule has 0 bridgehead atoms. The van der Waals surface area contributed by atoms with Crippen molar-refractivity contribution >= 4 is 27.5 Å². The van der Waals surface area contributed by atoms with Crippen molar-refractivity contribution in [2.24, 2.45) is 0 Å². The average molecular weight is 342 g/mol. The molecule has 0 aliphatic heterocycles. The third-order valence-electron chi connectivity index (χ3n) is 2.91. The number of benzene rings is 2. The Bertz CT molecular complexity index is 555. The summed E-state index contributed by atoms with van der Waals surface area (Å²) in [6.45, 7) is 0. The summed E-state index contributed by atoms with van der Waals surface area (Å²) >= 11 is 9.53. The summed E-state index contributed by atoms with van der Waals surface area (Å²) in [5.74, 6) is 0.608. The summed E-state index contributed by atoms with van der Waals surface area (Å²) in [5, 5.41) is 10.9. The number of halogens is 2. The van der Waals surface area contributed by atoms with Gasteiger partial charge in [-0.1, -0.05) is 45.7 Å². The molecule has 2 rings (SSSR count). The third-order valence-corrected chi connectivity index (χ3v) is 3.77. The zero-order valence-electron chi connectivity index (χ0n) is 10.4. The van der Waals surface area contributed by atoms with E-state index in [1.807, 2.05) is 24.3 Å². The molecule has 4 heteroatoms. The molecule has 2 nitrogen and oxygen atoms in total. The minimum atomic E-state index is -0.690. The van der Waals surface area contributed by atoms with Gasteiger partial charge in [0.05, 0.1) is 18.2 Å². The van der Waals surface area contributed by atoms with E-state index < -0.39 is 6.10 Å². The Kier molecular flexibility index (Phi) is 4.86. The van der Waals surface area contributed by atoms with Gasteiger partial charge in [0.2, 0.25) is 0 Å². The Hall–Kier alpha value is -1.03. The summed E-state index contributed by atoms with van der Waals surface area (Å²) < 4.78 is 6.27. The summed E-state index contributed by atoms with van der Waals surface area (Å²) in [6, 6.07) is 13.2. The van der Waals surface area contributed by atoms with Crippen LogP contribution >= 0.6 is 27.5 Å². The molecule has 1 unspecified atom stereocenters. The van der Waals surface area contributed by atoms with Crippen LogP contribution in [0.4, 0.5) is 0 Å². The summed E-state index contributed by atoms with van der Waals surface area (Å²) in [5.41, 5.74) is 1.67. The van der Waals surface area contributed by atoms with E-state index in [0.29, 0.717) is 22.8 Å². The predicted molar refractivity (Wildman–Crippen MR) is 80.8 cm³/mol. The molecular formula is C15H14BrClO2. The highest BCUT2D eigenvalue weighted by atomic mass is 79.9. The normalized spacial score (nSPS) is 12.2. The fourth-order valence-corrected chi connectivity index (χ4v) is 2.52. The maximum Gasteiger partial charge on any atom is 0.126 e. The molecule has 0 heterocycles. The lowest BCUT2D eigenvalue weighted by Crippen LogP contribution is -2.05. The first-order valence-electron chi connectivity index (χ1n) is 5.86. The molecule has 19 heavy (non-hydrogen) atoms. The van der Waals surface area contributed by atoms with E-state index in [9.17, 15) is 5.11 Å². The van der Waals surface area contributed by atoms with Crippen molar-refractivity contribution in [3.05, 3.63) is 63.1 Å². The lowest BCUT2D eigenvalue weighted by atomic mass is 10.0. The van der Waals surface area contributed by atoms with Crippen LogP contribution < -0.4 is 4.74 Å². The highest BCUT2D eigenvalue weighted by Gasteiger charge is 2.17. The van der Waals surface area contributed by atoms with Crippen LogP contribution in [0.25, 0.3) is 0 Å². The standard InChI is InChI=1S/C15H14BrClO2/c1-19-14-4-2-3-12(17)15(14)13(18)9-10-5-7-11(16)8-6-10/h2-8,13,18H,9H2,1H3. The fraction of sp³-hybridized carbons (Fsp3) is 0.200. The molecule has 0 spiro atoms. The van der Waals surface area contributed by atoms with Gasteiger partial charge >= 0.3 is 0 Å². The summed E-state index contributed by atoms with van der Waals surface area (Å²) in [6.07, 6.45) is -0.197. The third kappa shape index (κ3) is 3.50. The molecule has 100 valence electrons. The molecule has 1 atom stereocenters. The molecule has 2 aromatic carbocycles. The Morgan fingerprint density at radius 1 is 1.21 bits per heavy atom. The molecule has 0 saturated heterocycles. The molecule has 1 N–H and O–H groups in total. The first-order valence-corrected chi connectivity index (χ1v) is 7.04. The van der Waals surface area contributed by atoms with E-state index in [0.717, 1.165) is 10.0 Å². The van der Waals surface area contributed by atoms with E-state index in [-0.39, 0.29) is 0 Å². The summed E-state index contributed by atoms with van der Waals surface area (Å²) in [4.78, 5) is 0. The maximum absolute atomic E-state index is 10.4. The Morgan fingerprint density at radius 2 is 1.89 bits per heavy atom. The molecule has 0 aliphatic carbocycles. The van der Waals surface area contributed by atoms with Crippen molar-refractivity contribution in [2.45, 2.75) is 12.5 Å². The number of hydrogen-bond donors (Lipinski definition) is 1. The average Bonchev–Trinajstić information content (AvgIpc) is 2.40. The van der Waals surface area contributed by atoms with Gasteiger partial charge in [0, 0.05) is 16.5 Å². The van der Waals surface area contributed by atoms with Crippen molar-refractivity contribution in [3.8, 4) is 5.75 Å². The second-order valence-corrected chi connectivity index (χ2v) is 5.53. The van der Waals surface area contributed by atoms with E-state index >= 15 is 0 Å². The predicted octanol–water partition coefficient (Wildman–Crippen LogP) is 4.39. The number of rotatable bonds is 4. The van der Waals surface area contributed by atoms with Crippen LogP contribution in [0.15, 0.2) is 46.9 Å². The van der Waals surface area contributed by atoms with Crippen LogP contribution in [-0.4, -0.2) is 12.2 Å². The van der Waals surface area contributed by atoms with Gasteiger partial charge in [0.1, 0.15) is 5.75 Å². The van der Waals surface area contributed by atoms with Crippen molar-refractivity contribution in [1.29, 1.82) is 0 Å². The topological polar surface area (TPSA) is 29.5 Å². The van der Waals surface area contributed by atoms with Gasteiger partial charge in [-0.3, -0.25) is 0 Å². The van der Waals surface area contributed by atoms with Gasteiger partial charge in [-0.2, -0.15) is 0 Å². The van der Waals surface area contributed by atoms with E-state index in [1.165, 1.54) is 0 Å². The van der Waals surface area contributed by atoms with Crippen LogP contribution in [0, 0.1) is 0 Å². The quantitative estimate of drug-likeness (QED) is 0.894. The van der Waals surface area contributed by atoms with Crippen molar-refractivity contribution in [3.63, 3.8) is 0 Å². The van der Waals surface area contributed by atoms with Gasteiger partial charge in [-0.15, -0.1) is 0 Å². The van der Waals surface area contributed by atoms with E-state index in [4.69, 9.17) is 16.3 Å². The van der Waals surface area contributed by atoms with E-state index in [2.05, 4.69) is 15.9 Å². The SMILES string of the molecule is COc1cccc(Cl)c1C(O)Cc1ccc(Br)cc1. The monoisotopic (exact) mass is 340 g/mol. The number of hydrogen-bond acceptors (Lipinski definition) is 2. The molecular weight excluding hydrogens is 328 g/mol. The Balaban J connectivity index is 2.24. The Morgan fingerprint density at radius 3 is 2.53 bits per heavy atom. The van der Waals surface area contributed by atoms with Crippen molar-refractivity contribution < 1.29 is 9.84 Å².